The molecule has 4 rings (SSSR count). The molecule has 31 heavy (non-hydrogen) atoms. The predicted octanol–water partition coefficient (Wildman–Crippen LogP) is 3.62. The number of piperidine rings is 1. The number of nitrogens with zero attached hydrogens (tertiary/aromatic N) is 3. The lowest BCUT2D eigenvalue weighted by Gasteiger charge is -2.30. The molecule has 1 atom stereocenters. The van der Waals surface area contributed by atoms with E-state index < -0.39 is 15.9 Å². The highest BCUT2D eigenvalue weighted by molar-refractivity contribution is 7.89. The van der Waals surface area contributed by atoms with Crippen LogP contribution >= 0.6 is 11.3 Å². The average Bonchev–Trinajstić information content (AvgIpc) is 3.45. The van der Waals surface area contributed by atoms with Crippen LogP contribution in [0.1, 0.15) is 25.3 Å². The number of thiophene rings is 1. The minimum absolute atomic E-state index is 0.134. The third-order valence-corrected chi connectivity index (χ3v) is 8.03. The van der Waals surface area contributed by atoms with E-state index in [0.29, 0.717) is 31.6 Å². The largest absolute Gasteiger partial charge is 0.466 e. The first-order chi connectivity index (χ1) is 15.0. The molecule has 0 saturated carbocycles. The van der Waals surface area contributed by atoms with Crippen molar-refractivity contribution in [2.24, 2.45) is 5.92 Å². The first-order valence-corrected chi connectivity index (χ1v) is 12.6. The Morgan fingerprint density at radius 3 is 2.74 bits per heavy atom. The molecule has 1 aliphatic rings. The number of rotatable bonds is 7. The number of benzene rings is 1. The van der Waals surface area contributed by atoms with E-state index in [9.17, 15) is 13.2 Å². The zero-order chi connectivity index (χ0) is 21.8. The molecule has 0 spiro atoms. The van der Waals surface area contributed by atoms with Crippen molar-refractivity contribution in [2.75, 3.05) is 19.7 Å². The van der Waals surface area contributed by atoms with Crippen LogP contribution in [0, 0.1) is 5.92 Å². The smallest absolute Gasteiger partial charge is 0.310 e. The Balaban J connectivity index is 1.67. The maximum Gasteiger partial charge on any atom is 0.310 e. The van der Waals surface area contributed by atoms with Gasteiger partial charge in [0.1, 0.15) is 10.6 Å². The summed E-state index contributed by atoms with van der Waals surface area (Å²) in [6.45, 7) is 3.03. The number of esters is 1. The number of carbonyl (C=O) groups excluding carboxylic acids is 1. The van der Waals surface area contributed by atoms with Crippen LogP contribution in [0.25, 0.3) is 10.6 Å². The summed E-state index contributed by atoms with van der Waals surface area (Å²) >= 11 is 1.45. The number of hydrogen-bond acceptors (Lipinski definition) is 6. The Bertz CT molecular complexity index is 1120. The monoisotopic (exact) mass is 459 g/mol. The molecule has 3 aromatic rings. The van der Waals surface area contributed by atoms with Gasteiger partial charge in [0.25, 0.3) is 0 Å². The van der Waals surface area contributed by atoms with Gasteiger partial charge in [-0.05, 0) is 36.8 Å². The van der Waals surface area contributed by atoms with Crippen molar-refractivity contribution in [1.82, 2.24) is 14.1 Å². The van der Waals surface area contributed by atoms with E-state index in [1.54, 1.807) is 17.8 Å². The van der Waals surface area contributed by atoms with Crippen molar-refractivity contribution in [3.8, 4) is 10.6 Å². The van der Waals surface area contributed by atoms with Gasteiger partial charge in [-0.2, -0.15) is 9.40 Å². The van der Waals surface area contributed by atoms with Gasteiger partial charge in [0.15, 0.2) is 0 Å². The maximum absolute atomic E-state index is 13.6. The third kappa shape index (κ3) is 4.73. The van der Waals surface area contributed by atoms with Crippen LogP contribution in [0.2, 0.25) is 0 Å². The Morgan fingerprint density at radius 1 is 1.23 bits per heavy atom. The van der Waals surface area contributed by atoms with E-state index in [1.165, 1.54) is 15.6 Å². The molecule has 1 aliphatic heterocycles. The molecule has 0 radical (unpaired) electrons. The Kier molecular flexibility index (Phi) is 6.54. The molecule has 164 valence electrons. The van der Waals surface area contributed by atoms with E-state index in [-0.39, 0.29) is 24.0 Å². The summed E-state index contributed by atoms with van der Waals surface area (Å²) in [5, 5.41) is 6.52. The summed E-state index contributed by atoms with van der Waals surface area (Å²) in [6, 6.07) is 13.5. The van der Waals surface area contributed by atoms with Crippen LogP contribution in [0.5, 0.6) is 0 Å². The molecule has 0 bridgehead atoms. The van der Waals surface area contributed by atoms with Crippen molar-refractivity contribution in [3.63, 3.8) is 0 Å². The second-order valence-corrected chi connectivity index (χ2v) is 10.3. The SMILES string of the molecule is CCOC(=O)C1CCCN(S(=O)(=O)c2cn(Cc3ccccc3)nc2-c2cccs2)C1. The van der Waals surface area contributed by atoms with Crippen molar-refractivity contribution in [3.05, 3.63) is 59.6 Å². The highest BCUT2D eigenvalue weighted by atomic mass is 32.2. The quantitative estimate of drug-likeness (QED) is 0.504. The second kappa shape index (κ2) is 9.33. The van der Waals surface area contributed by atoms with Crippen LogP contribution < -0.4 is 0 Å². The minimum Gasteiger partial charge on any atom is -0.466 e. The van der Waals surface area contributed by atoms with Crippen LogP contribution in [0.15, 0.2) is 58.9 Å². The number of sulfonamides is 1. The van der Waals surface area contributed by atoms with Gasteiger partial charge < -0.3 is 4.74 Å². The number of aromatic nitrogens is 2. The van der Waals surface area contributed by atoms with Crippen LogP contribution in [-0.2, 0) is 26.1 Å². The van der Waals surface area contributed by atoms with E-state index in [1.807, 2.05) is 47.8 Å². The minimum atomic E-state index is -3.82. The fraction of sp³-hybridized carbons (Fsp3) is 0.364. The van der Waals surface area contributed by atoms with Gasteiger partial charge in [-0.25, -0.2) is 8.42 Å². The van der Waals surface area contributed by atoms with Crippen LogP contribution in [0.4, 0.5) is 0 Å². The molecule has 1 aromatic carbocycles. The van der Waals surface area contributed by atoms with E-state index >= 15 is 0 Å². The molecule has 1 fully saturated rings. The second-order valence-electron chi connectivity index (χ2n) is 7.46. The first-order valence-electron chi connectivity index (χ1n) is 10.3. The highest BCUT2D eigenvalue weighted by Crippen LogP contribution is 2.33. The normalized spacial score (nSPS) is 17.5. The van der Waals surface area contributed by atoms with Crippen molar-refractivity contribution in [1.29, 1.82) is 0 Å². The topological polar surface area (TPSA) is 81.5 Å². The van der Waals surface area contributed by atoms with Crippen molar-refractivity contribution < 1.29 is 17.9 Å². The molecule has 1 saturated heterocycles. The summed E-state index contributed by atoms with van der Waals surface area (Å²) in [7, 11) is -3.82. The molecule has 7 nitrogen and oxygen atoms in total. The van der Waals surface area contributed by atoms with Crippen molar-refractivity contribution >= 4 is 27.3 Å². The zero-order valence-corrected chi connectivity index (χ0v) is 18.9. The molecule has 0 aliphatic carbocycles. The van der Waals surface area contributed by atoms with E-state index in [0.717, 1.165) is 10.4 Å². The predicted molar refractivity (Wildman–Crippen MR) is 119 cm³/mol. The molecule has 3 heterocycles. The Morgan fingerprint density at radius 2 is 2.03 bits per heavy atom. The maximum atomic E-state index is 13.6. The van der Waals surface area contributed by atoms with Crippen LogP contribution in [-0.4, -0.2) is 48.2 Å². The first kappa shape index (κ1) is 21.7. The summed E-state index contributed by atoms with van der Waals surface area (Å²) < 4.78 is 35.4. The van der Waals surface area contributed by atoms with Gasteiger partial charge in [-0.15, -0.1) is 11.3 Å². The van der Waals surface area contributed by atoms with Gasteiger partial charge in [0.2, 0.25) is 10.0 Å². The third-order valence-electron chi connectivity index (χ3n) is 5.29. The summed E-state index contributed by atoms with van der Waals surface area (Å²) in [5.74, 6) is -0.770. The van der Waals surface area contributed by atoms with Gasteiger partial charge in [0, 0.05) is 19.3 Å². The summed E-state index contributed by atoms with van der Waals surface area (Å²) in [4.78, 5) is 13.2. The molecule has 9 heteroatoms. The van der Waals surface area contributed by atoms with E-state index in [2.05, 4.69) is 5.10 Å². The fourth-order valence-electron chi connectivity index (χ4n) is 3.78. The summed E-state index contributed by atoms with van der Waals surface area (Å²) in [5.41, 5.74) is 1.48. The molecular formula is C22H25N3O4S2. The summed E-state index contributed by atoms with van der Waals surface area (Å²) in [6.07, 6.45) is 2.86. The average molecular weight is 460 g/mol. The lowest BCUT2D eigenvalue weighted by Crippen LogP contribution is -2.42. The zero-order valence-electron chi connectivity index (χ0n) is 17.3. The molecule has 1 unspecified atom stereocenters. The Labute approximate surface area is 186 Å². The van der Waals surface area contributed by atoms with Crippen LogP contribution in [0.3, 0.4) is 0 Å². The molecule has 0 N–H and O–H groups in total. The molecule has 0 amide bonds. The fourth-order valence-corrected chi connectivity index (χ4v) is 6.24. The molecule has 2 aromatic heterocycles. The molecular weight excluding hydrogens is 434 g/mol. The Hall–Kier alpha value is -2.49. The van der Waals surface area contributed by atoms with E-state index in [4.69, 9.17) is 4.74 Å². The lowest BCUT2D eigenvalue weighted by molar-refractivity contribution is -0.149. The number of carbonyl (C=O) groups is 1. The standard InChI is InChI=1S/C22H25N3O4S2/c1-2-29-22(26)18-10-6-12-25(15-18)31(27,28)20-16-24(14-17-8-4-3-5-9-17)23-21(20)19-11-7-13-30-19/h3-5,7-9,11,13,16,18H,2,6,10,12,14-15H2,1H3. The van der Waals surface area contributed by atoms with Gasteiger partial charge >= 0.3 is 5.97 Å². The van der Waals surface area contributed by atoms with Crippen molar-refractivity contribution in [2.45, 2.75) is 31.2 Å². The van der Waals surface area contributed by atoms with Gasteiger partial charge in [-0.3, -0.25) is 9.48 Å². The van der Waals surface area contributed by atoms with Gasteiger partial charge in [0.05, 0.1) is 23.9 Å². The number of ether oxygens (including phenoxy) is 1. The number of hydrogen-bond donors (Lipinski definition) is 0. The highest BCUT2D eigenvalue weighted by Gasteiger charge is 2.36. The lowest BCUT2D eigenvalue weighted by atomic mass is 10.0. The van der Waals surface area contributed by atoms with Gasteiger partial charge in [-0.1, -0.05) is 36.4 Å².